The van der Waals surface area contributed by atoms with E-state index in [-0.39, 0.29) is 0 Å². The highest BCUT2D eigenvalue weighted by atomic mass is 32.1. The summed E-state index contributed by atoms with van der Waals surface area (Å²) in [5.74, 6) is -0.517. The molecule has 5 nitrogen and oxygen atoms in total. The third kappa shape index (κ3) is 3.65. The fourth-order valence-corrected chi connectivity index (χ4v) is 3.35. The number of carbonyl (C=O) groups excluding carboxylic acids is 1. The van der Waals surface area contributed by atoms with Gasteiger partial charge >= 0.3 is 0 Å². The summed E-state index contributed by atoms with van der Waals surface area (Å²) < 4.78 is 0. The second-order valence-electron chi connectivity index (χ2n) is 5.53. The van der Waals surface area contributed by atoms with Gasteiger partial charge < -0.3 is 16.4 Å². The third-order valence-electron chi connectivity index (χ3n) is 3.68. The number of anilines is 3. The van der Waals surface area contributed by atoms with Gasteiger partial charge in [-0.3, -0.25) is 4.79 Å². The van der Waals surface area contributed by atoms with Crippen molar-refractivity contribution >= 4 is 43.8 Å². The number of hydrogen-bond donors (Lipinski definition) is 3. The fourth-order valence-electron chi connectivity index (χ4n) is 2.43. The number of aromatic nitrogens is 1. The van der Waals surface area contributed by atoms with Crippen LogP contribution in [0.25, 0.3) is 10.8 Å². The first-order valence-electron chi connectivity index (χ1n) is 7.97. The van der Waals surface area contributed by atoms with Gasteiger partial charge in [0.05, 0.1) is 0 Å². The van der Waals surface area contributed by atoms with E-state index in [2.05, 4.69) is 46.8 Å². The molecule has 1 amide bonds. The van der Waals surface area contributed by atoms with Crippen molar-refractivity contribution in [3.63, 3.8) is 0 Å². The zero-order valence-electron chi connectivity index (χ0n) is 13.5. The van der Waals surface area contributed by atoms with Crippen molar-refractivity contribution in [1.29, 1.82) is 0 Å². The molecule has 24 heavy (non-hydrogen) atoms. The number of nitrogens with zero attached hydrogens (tertiary/aromatic N) is 1. The van der Waals surface area contributed by atoms with Crippen LogP contribution in [0.4, 0.5) is 15.8 Å². The van der Waals surface area contributed by atoms with Gasteiger partial charge in [0.25, 0.3) is 5.91 Å². The molecule has 0 saturated carbocycles. The molecule has 124 valence electrons. The standard InChI is InChI=1S/C18H20N4OS/c1-2-3-10-20-17-15(16(19)23)22-18(24-17)21-14-9-8-12-6-4-5-7-13(12)11-14/h4-9,11,20H,2-3,10H2,1H3,(H2,19,23)(H,21,22). The van der Waals surface area contributed by atoms with Gasteiger partial charge in [0.2, 0.25) is 0 Å². The zero-order chi connectivity index (χ0) is 16.9. The summed E-state index contributed by atoms with van der Waals surface area (Å²) in [6, 6.07) is 14.3. The van der Waals surface area contributed by atoms with Crippen LogP contribution >= 0.6 is 11.3 Å². The Bertz CT molecular complexity index is 859. The molecule has 0 atom stereocenters. The van der Waals surface area contributed by atoms with E-state index in [0.717, 1.165) is 35.5 Å². The first kappa shape index (κ1) is 16.3. The van der Waals surface area contributed by atoms with E-state index in [9.17, 15) is 4.79 Å². The molecule has 0 aliphatic carbocycles. The largest absolute Gasteiger partial charge is 0.375 e. The summed E-state index contributed by atoms with van der Waals surface area (Å²) in [5, 5.41) is 10.2. The quantitative estimate of drug-likeness (QED) is 0.559. The molecule has 0 aliphatic rings. The Morgan fingerprint density at radius 3 is 2.75 bits per heavy atom. The van der Waals surface area contributed by atoms with Crippen LogP contribution in [0.5, 0.6) is 0 Å². The molecule has 0 radical (unpaired) electrons. The number of carbonyl (C=O) groups is 1. The molecule has 0 saturated heterocycles. The molecular formula is C18H20N4OS. The summed E-state index contributed by atoms with van der Waals surface area (Å²) in [4.78, 5) is 15.9. The second-order valence-corrected chi connectivity index (χ2v) is 6.53. The van der Waals surface area contributed by atoms with Gasteiger partial charge in [-0.1, -0.05) is 55.0 Å². The fraction of sp³-hybridized carbons (Fsp3) is 0.222. The highest BCUT2D eigenvalue weighted by Gasteiger charge is 2.15. The van der Waals surface area contributed by atoms with E-state index in [0.29, 0.717) is 10.8 Å². The average Bonchev–Trinajstić information content (AvgIpc) is 2.98. The van der Waals surface area contributed by atoms with Crippen LogP contribution in [-0.4, -0.2) is 17.4 Å². The maximum Gasteiger partial charge on any atom is 0.270 e. The molecule has 0 bridgehead atoms. The third-order valence-corrected chi connectivity index (χ3v) is 4.61. The molecule has 0 spiro atoms. The van der Waals surface area contributed by atoms with Crippen LogP contribution in [0.2, 0.25) is 0 Å². The molecule has 0 aliphatic heterocycles. The lowest BCUT2D eigenvalue weighted by atomic mass is 10.1. The SMILES string of the molecule is CCCCNc1sc(Nc2ccc3ccccc3c2)nc1C(N)=O. The van der Waals surface area contributed by atoms with E-state index < -0.39 is 5.91 Å². The minimum absolute atomic E-state index is 0.291. The summed E-state index contributed by atoms with van der Waals surface area (Å²) in [6.45, 7) is 2.92. The molecule has 3 rings (SSSR count). The van der Waals surface area contributed by atoms with Gasteiger partial charge in [-0.15, -0.1) is 0 Å². The van der Waals surface area contributed by atoms with Crippen molar-refractivity contribution in [2.45, 2.75) is 19.8 Å². The molecule has 2 aromatic carbocycles. The van der Waals surface area contributed by atoms with E-state index in [1.807, 2.05) is 18.2 Å². The summed E-state index contributed by atoms with van der Waals surface area (Å²) >= 11 is 1.40. The van der Waals surface area contributed by atoms with Crippen molar-refractivity contribution in [2.75, 3.05) is 17.2 Å². The first-order chi connectivity index (χ1) is 11.7. The predicted molar refractivity (Wildman–Crippen MR) is 101 cm³/mol. The Morgan fingerprint density at radius 1 is 1.21 bits per heavy atom. The monoisotopic (exact) mass is 340 g/mol. The average molecular weight is 340 g/mol. The normalized spacial score (nSPS) is 10.7. The van der Waals surface area contributed by atoms with Crippen LogP contribution in [-0.2, 0) is 0 Å². The number of amides is 1. The van der Waals surface area contributed by atoms with Crippen molar-refractivity contribution < 1.29 is 4.79 Å². The van der Waals surface area contributed by atoms with Gasteiger partial charge in [-0.25, -0.2) is 4.98 Å². The molecular weight excluding hydrogens is 320 g/mol. The Hall–Kier alpha value is -2.60. The summed E-state index contributed by atoms with van der Waals surface area (Å²) in [5.41, 5.74) is 6.66. The van der Waals surface area contributed by atoms with Crippen molar-refractivity contribution in [3.05, 3.63) is 48.2 Å². The van der Waals surface area contributed by atoms with Crippen molar-refractivity contribution in [2.24, 2.45) is 5.73 Å². The van der Waals surface area contributed by atoms with Crippen LogP contribution in [0.15, 0.2) is 42.5 Å². The van der Waals surface area contributed by atoms with Gasteiger partial charge in [0, 0.05) is 12.2 Å². The molecule has 0 unspecified atom stereocenters. The number of rotatable bonds is 7. The van der Waals surface area contributed by atoms with Crippen LogP contribution < -0.4 is 16.4 Å². The van der Waals surface area contributed by atoms with E-state index >= 15 is 0 Å². The second kappa shape index (κ2) is 7.31. The first-order valence-corrected chi connectivity index (χ1v) is 8.79. The highest BCUT2D eigenvalue weighted by Crippen LogP contribution is 2.31. The molecule has 6 heteroatoms. The topological polar surface area (TPSA) is 80.0 Å². The number of thiazole rings is 1. The maximum absolute atomic E-state index is 11.6. The molecule has 4 N–H and O–H groups in total. The summed E-state index contributed by atoms with van der Waals surface area (Å²) in [6.07, 6.45) is 2.11. The van der Waals surface area contributed by atoms with Crippen LogP contribution in [0, 0.1) is 0 Å². The molecule has 0 fully saturated rings. The van der Waals surface area contributed by atoms with Crippen LogP contribution in [0.3, 0.4) is 0 Å². The Kier molecular flexibility index (Phi) is 4.96. The number of nitrogens with two attached hydrogens (primary N) is 1. The Balaban J connectivity index is 1.82. The maximum atomic E-state index is 11.6. The van der Waals surface area contributed by atoms with Crippen LogP contribution in [0.1, 0.15) is 30.3 Å². The summed E-state index contributed by atoms with van der Waals surface area (Å²) in [7, 11) is 0. The lowest BCUT2D eigenvalue weighted by molar-refractivity contribution is 0.0997. The molecule has 3 aromatic rings. The highest BCUT2D eigenvalue weighted by molar-refractivity contribution is 7.19. The molecule has 1 heterocycles. The van der Waals surface area contributed by atoms with Gasteiger partial charge in [0.15, 0.2) is 10.8 Å². The number of unbranched alkanes of at least 4 members (excludes halogenated alkanes) is 1. The number of benzene rings is 2. The van der Waals surface area contributed by atoms with Crippen molar-refractivity contribution in [3.8, 4) is 0 Å². The van der Waals surface area contributed by atoms with Crippen molar-refractivity contribution in [1.82, 2.24) is 4.98 Å². The lowest BCUT2D eigenvalue weighted by Crippen LogP contribution is -2.14. The number of hydrogen-bond acceptors (Lipinski definition) is 5. The number of fused-ring (bicyclic) bond motifs is 1. The lowest BCUT2D eigenvalue weighted by Gasteiger charge is -2.04. The minimum Gasteiger partial charge on any atom is -0.375 e. The number of nitrogens with one attached hydrogen (secondary N) is 2. The molecule has 1 aromatic heterocycles. The zero-order valence-corrected chi connectivity index (χ0v) is 14.3. The minimum atomic E-state index is -0.517. The van der Waals surface area contributed by atoms with Gasteiger partial charge in [-0.05, 0) is 29.3 Å². The smallest absolute Gasteiger partial charge is 0.270 e. The van der Waals surface area contributed by atoms with Gasteiger partial charge in [0.1, 0.15) is 5.00 Å². The van der Waals surface area contributed by atoms with E-state index in [1.54, 1.807) is 0 Å². The number of primary amides is 1. The Labute approximate surface area is 144 Å². The van der Waals surface area contributed by atoms with Gasteiger partial charge in [-0.2, -0.15) is 0 Å². The predicted octanol–water partition coefficient (Wildman–Crippen LogP) is 4.35. The van der Waals surface area contributed by atoms with E-state index in [1.165, 1.54) is 16.7 Å². The van der Waals surface area contributed by atoms with E-state index in [4.69, 9.17) is 5.73 Å². The Morgan fingerprint density at radius 2 is 2.00 bits per heavy atom.